The van der Waals surface area contributed by atoms with Gasteiger partial charge in [-0.3, -0.25) is 10.1 Å². The van der Waals surface area contributed by atoms with Gasteiger partial charge in [-0.15, -0.1) is 11.3 Å². The summed E-state index contributed by atoms with van der Waals surface area (Å²) in [5.41, 5.74) is 0. The van der Waals surface area contributed by atoms with Crippen LogP contribution >= 0.6 is 11.3 Å². The summed E-state index contributed by atoms with van der Waals surface area (Å²) in [5.74, 6) is -0.810. The van der Waals surface area contributed by atoms with Crippen LogP contribution in [-0.2, 0) is 4.79 Å². The van der Waals surface area contributed by atoms with Crippen molar-refractivity contribution in [1.82, 2.24) is 5.32 Å². The molecule has 0 bridgehead atoms. The van der Waals surface area contributed by atoms with Crippen LogP contribution < -0.4 is 5.32 Å². The van der Waals surface area contributed by atoms with Crippen molar-refractivity contribution in [3.05, 3.63) is 22.4 Å². The zero-order chi connectivity index (χ0) is 9.68. The fourth-order valence-corrected chi connectivity index (χ4v) is 2.03. The third kappa shape index (κ3) is 3.16. The lowest BCUT2D eigenvalue weighted by Gasteiger charge is -2.13. The van der Waals surface area contributed by atoms with Crippen LogP contribution in [0.2, 0.25) is 0 Å². The number of carboxylic acids is 1. The van der Waals surface area contributed by atoms with Gasteiger partial charge in [-0.1, -0.05) is 13.0 Å². The molecule has 1 atom stereocenters. The van der Waals surface area contributed by atoms with Crippen LogP contribution in [0.25, 0.3) is 0 Å². The van der Waals surface area contributed by atoms with Crippen LogP contribution in [0.4, 0.5) is 0 Å². The lowest BCUT2D eigenvalue weighted by atomic mass is 10.2. The van der Waals surface area contributed by atoms with Crippen molar-refractivity contribution in [3.63, 3.8) is 0 Å². The Balaban J connectivity index is 2.49. The highest BCUT2D eigenvalue weighted by atomic mass is 32.1. The highest BCUT2D eigenvalue weighted by Crippen LogP contribution is 2.21. The number of thiophene rings is 1. The molecule has 1 aromatic rings. The Morgan fingerprint density at radius 3 is 3.00 bits per heavy atom. The summed E-state index contributed by atoms with van der Waals surface area (Å²) in [6, 6.07) is 4.18. The minimum absolute atomic E-state index is 0.0242. The molecule has 13 heavy (non-hydrogen) atoms. The summed E-state index contributed by atoms with van der Waals surface area (Å²) in [6.45, 7) is 2.07. The molecular formula is C9H13NO2S. The molecule has 0 saturated heterocycles. The summed E-state index contributed by atoms with van der Waals surface area (Å²) < 4.78 is 0. The monoisotopic (exact) mass is 199 g/mol. The van der Waals surface area contributed by atoms with Gasteiger partial charge in [0.2, 0.25) is 0 Å². The number of hydrogen-bond acceptors (Lipinski definition) is 3. The van der Waals surface area contributed by atoms with E-state index in [0.717, 1.165) is 6.42 Å². The number of carbonyl (C=O) groups is 1. The quantitative estimate of drug-likeness (QED) is 0.761. The Morgan fingerprint density at radius 1 is 1.77 bits per heavy atom. The second kappa shape index (κ2) is 4.99. The average molecular weight is 199 g/mol. The topological polar surface area (TPSA) is 49.3 Å². The van der Waals surface area contributed by atoms with E-state index >= 15 is 0 Å². The molecule has 1 aromatic heterocycles. The van der Waals surface area contributed by atoms with Gasteiger partial charge in [-0.2, -0.15) is 0 Å². The Morgan fingerprint density at radius 2 is 2.54 bits per heavy atom. The maximum Gasteiger partial charge on any atom is 0.317 e. The minimum Gasteiger partial charge on any atom is -0.480 e. The number of aliphatic carboxylic acids is 1. The van der Waals surface area contributed by atoms with Crippen LogP contribution in [0.3, 0.4) is 0 Å². The molecule has 0 aliphatic carbocycles. The highest BCUT2D eigenvalue weighted by Gasteiger charge is 2.10. The van der Waals surface area contributed by atoms with E-state index < -0.39 is 5.97 Å². The molecule has 1 rings (SSSR count). The third-order valence-electron chi connectivity index (χ3n) is 1.79. The van der Waals surface area contributed by atoms with E-state index in [1.807, 2.05) is 24.4 Å². The molecule has 1 unspecified atom stereocenters. The molecule has 0 amide bonds. The predicted octanol–water partition coefficient (Wildman–Crippen LogP) is 1.87. The summed E-state index contributed by atoms with van der Waals surface area (Å²) >= 11 is 1.65. The Bertz CT molecular complexity index is 259. The first-order valence-electron chi connectivity index (χ1n) is 4.22. The van der Waals surface area contributed by atoms with Crippen molar-refractivity contribution < 1.29 is 9.90 Å². The first kappa shape index (κ1) is 10.2. The van der Waals surface area contributed by atoms with E-state index in [0.29, 0.717) is 0 Å². The van der Waals surface area contributed by atoms with Crippen molar-refractivity contribution in [2.75, 3.05) is 6.54 Å². The van der Waals surface area contributed by atoms with Crippen LogP contribution in [0.15, 0.2) is 17.5 Å². The molecule has 2 N–H and O–H groups in total. The van der Waals surface area contributed by atoms with Gasteiger partial charge in [-0.25, -0.2) is 0 Å². The zero-order valence-corrected chi connectivity index (χ0v) is 8.30. The molecule has 0 radical (unpaired) electrons. The molecule has 0 aliphatic heterocycles. The number of hydrogen-bond donors (Lipinski definition) is 2. The smallest absolute Gasteiger partial charge is 0.317 e. The van der Waals surface area contributed by atoms with E-state index in [9.17, 15) is 4.79 Å². The molecule has 3 nitrogen and oxygen atoms in total. The Hall–Kier alpha value is -0.870. The van der Waals surface area contributed by atoms with E-state index in [2.05, 4.69) is 5.32 Å². The molecule has 0 aliphatic rings. The second-order valence-corrected chi connectivity index (χ2v) is 3.73. The predicted molar refractivity (Wildman–Crippen MR) is 53.0 cm³/mol. The van der Waals surface area contributed by atoms with Crippen LogP contribution in [0.5, 0.6) is 0 Å². The standard InChI is InChI=1S/C9H13NO2S/c1-2-7(10-6-9(11)12)8-4-3-5-13-8/h3-5,7,10H,2,6H2,1H3,(H,11,12). The van der Waals surface area contributed by atoms with Gasteiger partial charge >= 0.3 is 5.97 Å². The lowest BCUT2D eigenvalue weighted by molar-refractivity contribution is -0.136. The molecule has 0 fully saturated rings. The zero-order valence-electron chi connectivity index (χ0n) is 7.49. The van der Waals surface area contributed by atoms with E-state index in [-0.39, 0.29) is 12.6 Å². The molecule has 0 spiro atoms. The number of rotatable bonds is 5. The fraction of sp³-hybridized carbons (Fsp3) is 0.444. The van der Waals surface area contributed by atoms with Gasteiger partial charge in [0.1, 0.15) is 0 Å². The van der Waals surface area contributed by atoms with Gasteiger partial charge in [0.05, 0.1) is 6.54 Å². The average Bonchev–Trinajstić information content (AvgIpc) is 2.58. The normalized spacial score (nSPS) is 12.7. The first-order valence-corrected chi connectivity index (χ1v) is 5.10. The van der Waals surface area contributed by atoms with Crippen molar-refractivity contribution in [3.8, 4) is 0 Å². The molecular weight excluding hydrogens is 186 g/mol. The Labute approximate surface area is 81.4 Å². The lowest BCUT2D eigenvalue weighted by Crippen LogP contribution is -2.26. The van der Waals surface area contributed by atoms with Crippen LogP contribution in [0.1, 0.15) is 24.3 Å². The van der Waals surface area contributed by atoms with Crippen molar-refractivity contribution in [2.45, 2.75) is 19.4 Å². The van der Waals surface area contributed by atoms with Crippen LogP contribution in [-0.4, -0.2) is 17.6 Å². The Kier molecular flexibility index (Phi) is 3.92. The van der Waals surface area contributed by atoms with E-state index in [4.69, 9.17) is 5.11 Å². The first-order chi connectivity index (χ1) is 6.24. The molecule has 72 valence electrons. The molecule has 0 aromatic carbocycles. The summed E-state index contributed by atoms with van der Waals surface area (Å²) in [6.07, 6.45) is 0.911. The van der Waals surface area contributed by atoms with Gasteiger partial charge in [0.15, 0.2) is 0 Å². The third-order valence-corrected chi connectivity index (χ3v) is 2.78. The van der Waals surface area contributed by atoms with E-state index in [1.165, 1.54) is 4.88 Å². The summed E-state index contributed by atoms with van der Waals surface area (Å²) in [5, 5.41) is 13.5. The minimum atomic E-state index is -0.810. The maximum absolute atomic E-state index is 10.3. The van der Waals surface area contributed by atoms with Gasteiger partial charge in [0, 0.05) is 10.9 Å². The number of nitrogens with one attached hydrogen (secondary N) is 1. The largest absolute Gasteiger partial charge is 0.480 e. The van der Waals surface area contributed by atoms with Gasteiger partial charge in [-0.05, 0) is 17.9 Å². The molecule has 0 saturated carbocycles. The SMILES string of the molecule is CCC(NCC(=O)O)c1cccs1. The van der Waals surface area contributed by atoms with Gasteiger partial charge in [0.25, 0.3) is 0 Å². The second-order valence-electron chi connectivity index (χ2n) is 2.75. The fourth-order valence-electron chi connectivity index (χ4n) is 1.15. The van der Waals surface area contributed by atoms with Crippen molar-refractivity contribution in [1.29, 1.82) is 0 Å². The van der Waals surface area contributed by atoms with Crippen molar-refractivity contribution in [2.24, 2.45) is 0 Å². The number of carboxylic acid groups (broad SMARTS) is 1. The van der Waals surface area contributed by atoms with Crippen molar-refractivity contribution >= 4 is 17.3 Å². The summed E-state index contributed by atoms with van der Waals surface area (Å²) in [7, 11) is 0. The highest BCUT2D eigenvalue weighted by molar-refractivity contribution is 7.10. The molecule has 1 heterocycles. The van der Waals surface area contributed by atoms with Gasteiger partial charge < -0.3 is 5.11 Å². The summed E-state index contributed by atoms with van der Waals surface area (Å²) in [4.78, 5) is 11.5. The van der Waals surface area contributed by atoms with Crippen LogP contribution in [0, 0.1) is 0 Å². The molecule has 4 heteroatoms. The van der Waals surface area contributed by atoms with E-state index in [1.54, 1.807) is 11.3 Å². The maximum atomic E-state index is 10.3.